The molecule has 0 saturated heterocycles. The van der Waals surface area contributed by atoms with Gasteiger partial charge in [0.1, 0.15) is 4.90 Å². The lowest BCUT2D eigenvalue weighted by Crippen LogP contribution is -2.17. The minimum atomic E-state index is -4.04. The fourth-order valence-corrected chi connectivity index (χ4v) is 2.79. The Balaban J connectivity index is 2.41. The van der Waals surface area contributed by atoms with Gasteiger partial charge in [-0.1, -0.05) is 30.3 Å². The predicted molar refractivity (Wildman–Crippen MR) is 83.3 cm³/mol. The van der Waals surface area contributed by atoms with Crippen molar-refractivity contribution in [3.63, 3.8) is 0 Å². The zero-order valence-corrected chi connectivity index (χ0v) is 12.7. The van der Waals surface area contributed by atoms with Crippen LogP contribution in [-0.2, 0) is 10.0 Å². The highest BCUT2D eigenvalue weighted by Gasteiger charge is 2.18. The number of anilines is 1. The zero-order valence-electron chi connectivity index (χ0n) is 11.9. The van der Waals surface area contributed by atoms with Gasteiger partial charge in [0, 0.05) is 6.04 Å². The molecule has 0 aliphatic carbocycles. The fraction of sp³-hybridized carbons (Fsp3) is 0.133. The van der Waals surface area contributed by atoms with Gasteiger partial charge in [0.15, 0.2) is 0 Å². The van der Waals surface area contributed by atoms with Gasteiger partial charge in [0.25, 0.3) is 0 Å². The van der Waals surface area contributed by atoms with Crippen LogP contribution in [0.5, 0.6) is 0 Å². The minimum absolute atomic E-state index is 0.137. The van der Waals surface area contributed by atoms with Crippen LogP contribution in [0.1, 0.15) is 28.9 Å². The number of carboxylic acids is 1. The van der Waals surface area contributed by atoms with Gasteiger partial charge in [-0.05, 0) is 30.7 Å². The first-order valence-electron chi connectivity index (χ1n) is 6.50. The molecular formula is C15H16N2O4S. The van der Waals surface area contributed by atoms with E-state index in [0.29, 0.717) is 0 Å². The summed E-state index contributed by atoms with van der Waals surface area (Å²) in [4.78, 5) is 10.7. The molecular weight excluding hydrogens is 304 g/mol. The topological polar surface area (TPSA) is 109 Å². The Morgan fingerprint density at radius 3 is 2.36 bits per heavy atom. The number of carbonyl (C=O) groups is 1. The molecule has 1 atom stereocenters. The molecule has 0 unspecified atom stereocenters. The fourth-order valence-electron chi connectivity index (χ4n) is 2.07. The maximum absolute atomic E-state index is 11.7. The van der Waals surface area contributed by atoms with E-state index in [4.69, 9.17) is 10.2 Å². The van der Waals surface area contributed by atoms with Gasteiger partial charge in [-0.2, -0.15) is 0 Å². The maximum atomic E-state index is 11.7. The summed E-state index contributed by atoms with van der Waals surface area (Å²) in [5.74, 6) is -1.22. The standard InChI is InChI=1S/C15H16N2O4S/c1-10(11-5-3-2-4-6-11)17-13-8-7-12(15(18)19)9-14(13)22(16,20)21/h2-10,17H,1H3,(H,18,19)(H2,16,20,21)/t10-/m1/s1. The third-order valence-corrected chi connectivity index (χ3v) is 4.16. The number of hydrogen-bond donors (Lipinski definition) is 3. The molecule has 22 heavy (non-hydrogen) atoms. The molecule has 0 aliphatic rings. The van der Waals surface area contributed by atoms with Crippen LogP contribution in [0, 0.1) is 0 Å². The molecule has 0 amide bonds. The maximum Gasteiger partial charge on any atom is 0.335 e. The van der Waals surface area contributed by atoms with Gasteiger partial charge in [0.05, 0.1) is 11.3 Å². The molecule has 7 heteroatoms. The van der Waals surface area contributed by atoms with E-state index in [1.54, 1.807) is 0 Å². The smallest absolute Gasteiger partial charge is 0.335 e. The van der Waals surface area contributed by atoms with E-state index in [9.17, 15) is 13.2 Å². The van der Waals surface area contributed by atoms with Crippen LogP contribution < -0.4 is 10.5 Å². The van der Waals surface area contributed by atoms with E-state index in [-0.39, 0.29) is 22.2 Å². The lowest BCUT2D eigenvalue weighted by molar-refractivity contribution is 0.0696. The van der Waals surface area contributed by atoms with Crippen LogP contribution >= 0.6 is 0 Å². The summed E-state index contributed by atoms with van der Waals surface area (Å²) in [6.45, 7) is 1.87. The first kappa shape index (κ1) is 16.0. The Morgan fingerprint density at radius 2 is 1.82 bits per heavy atom. The minimum Gasteiger partial charge on any atom is -0.478 e. The summed E-state index contributed by atoms with van der Waals surface area (Å²) < 4.78 is 23.4. The number of benzene rings is 2. The lowest BCUT2D eigenvalue weighted by atomic mass is 10.1. The number of nitrogens with two attached hydrogens (primary N) is 1. The van der Waals surface area contributed by atoms with Crippen molar-refractivity contribution >= 4 is 21.7 Å². The molecule has 0 bridgehead atoms. The van der Waals surface area contributed by atoms with Crippen LogP contribution in [0.2, 0.25) is 0 Å². The monoisotopic (exact) mass is 320 g/mol. The first-order valence-corrected chi connectivity index (χ1v) is 8.05. The molecule has 0 fully saturated rings. The molecule has 6 nitrogen and oxygen atoms in total. The van der Waals surface area contributed by atoms with Gasteiger partial charge in [-0.25, -0.2) is 18.4 Å². The van der Waals surface area contributed by atoms with E-state index >= 15 is 0 Å². The molecule has 0 heterocycles. The normalized spacial score (nSPS) is 12.6. The molecule has 0 aliphatic heterocycles. The lowest BCUT2D eigenvalue weighted by Gasteiger charge is -2.18. The van der Waals surface area contributed by atoms with E-state index in [1.165, 1.54) is 12.1 Å². The third kappa shape index (κ3) is 3.63. The molecule has 116 valence electrons. The molecule has 2 rings (SSSR count). The van der Waals surface area contributed by atoms with Crippen molar-refractivity contribution in [1.29, 1.82) is 0 Å². The summed E-state index contributed by atoms with van der Waals surface area (Å²) in [5, 5.41) is 17.2. The van der Waals surface area contributed by atoms with Crippen LogP contribution in [0.4, 0.5) is 5.69 Å². The number of sulfonamides is 1. The average molecular weight is 320 g/mol. The Labute approximate surface area is 128 Å². The van der Waals surface area contributed by atoms with Gasteiger partial charge in [0.2, 0.25) is 10.0 Å². The molecule has 4 N–H and O–H groups in total. The Hall–Kier alpha value is -2.38. The largest absolute Gasteiger partial charge is 0.478 e. The van der Waals surface area contributed by atoms with E-state index in [0.717, 1.165) is 11.6 Å². The second kappa shape index (κ2) is 6.17. The van der Waals surface area contributed by atoms with Crippen LogP contribution in [-0.4, -0.2) is 19.5 Å². The molecule has 0 radical (unpaired) electrons. The van der Waals surface area contributed by atoms with Gasteiger partial charge in [-0.15, -0.1) is 0 Å². The van der Waals surface area contributed by atoms with Crippen molar-refractivity contribution in [2.45, 2.75) is 17.9 Å². The number of aromatic carboxylic acids is 1. The zero-order chi connectivity index (χ0) is 16.3. The Morgan fingerprint density at radius 1 is 1.18 bits per heavy atom. The van der Waals surface area contributed by atoms with Gasteiger partial charge in [-0.3, -0.25) is 0 Å². The molecule has 0 aromatic heterocycles. The Kier molecular flexibility index (Phi) is 4.48. The van der Waals surface area contributed by atoms with E-state index < -0.39 is 16.0 Å². The summed E-state index contributed by atoms with van der Waals surface area (Å²) in [6, 6.07) is 13.1. The van der Waals surface area contributed by atoms with Crippen molar-refractivity contribution in [3.8, 4) is 0 Å². The molecule has 2 aromatic carbocycles. The summed E-state index contributed by atoms with van der Waals surface area (Å²) in [7, 11) is -4.04. The molecule has 0 spiro atoms. The van der Waals surface area contributed by atoms with Crippen LogP contribution in [0.15, 0.2) is 53.4 Å². The second-order valence-corrected chi connectivity index (χ2v) is 6.37. The van der Waals surface area contributed by atoms with Crippen molar-refractivity contribution in [3.05, 3.63) is 59.7 Å². The SMILES string of the molecule is C[C@@H](Nc1ccc(C(=O)O)cc1S(N)(=O)=O)c1ccccc1. The van der Waals surface area contributed by atoms with Crippen molar-refractivity contribution in [1.82, 2.24) is 0 Å². The van der Waals surface area contributed by atoms with Crippen molar-refractivity contribution < 1.29 is 18.3 Å². The molecule has 2 aromatic rings. The summed E-state index contributed by atoms with van der Waals surface area (Å²) >= 11 is 0. The number of nitrogens with one attached hydrogen (secondary N) is 1. The Bertz CT molecular complexity index is 788. The molecule has 0 saturated carbocycles. The summed E-state index contributed by atoms with van der Waals surface area (Å²) in [6.07, 6.45) is 0. The van der Waals surface area contributed by atoms with Crippen LogP contribution in [0.3, 0.4) is 0 Å². The van der Waals surface area contributed by atoms with Gasteiger partial charge < -0.3 is 10.4 Å². The average Bonchev–Trinajstić information content (AvgIpc) is 2.47. The van der Waals surface area contributed by atoms with Crippen molar-refractivity contribution in [2.75, 3.05) is 5.32 Å². The quantitative estimate of drug-likeness (QED) is 0.782. The number of rotatable bonds is 5. The highest BCUT2D eigenvalue weighted by Crippen LogP contribution is 2.26. The predicted octanol–water partition coefficient (Wildman–Crippen LogP) is 2.21. The number of hydrogen-bond acceptors (Lipinski definition) is 4. The number of carboxylic acid groups (broad SMARTS) is 1. The highest BCUT2D eigenvalue weighted by molar-refractivity contribution is 7.89. The van der Waals surface area contributed by atoms with E-state index in [1.807, 2.05) is 37.3 Å². The van der Waals surface area contributed by atoms with E-state index in [2.05, 4.69) is 5.32 Å². The number of primary sulfonamides is 1. The summed E-state index contributed by atoms with van der Waals surface area (Å²) in [5.41, 5.74) is 1.09. The van der Waals surface area contributed by atoms with Gasteiger partial charge >= 0.3 is 5.97 Å². The second-order valence-electron chi connectivity index (χ2n) is 4.84. The van der Waals surface area contributed by atoms with Crippen LogP contribution in [0.25, 0.3) is 0 Å². The highest BCUT2D eigenvalue weighted by atomic mass is 32.2. The van der Waals surface area contributed by atoms with Crippen molar-refractivity contribution in [2.24, 2.45) is 5.14 Å². The third-order valence-electron chi connectivity index (χ3n) is 3.21. The first-order chi connectivity index (χ1) is 10.3.